The molecule has 0 heterocycles. The van der Waals surface area contributed by atoms with Gasteiger partial charge in [0.25, 0.3) is 0 Å². The van der Waals surface area contributed by atoms with Gasteiger partial charge >= 0.3 is 0 Å². The Morgan fingerprint density at radius 3 is 2.60 bits per heavy atom. The van der Waals surface area contributed by atoms with Crippen molar-refractivity contribution in [2.75, 3.05) is 0 Å². The van der Waals surface area contributed by atoms with Crippen molar-refractivity contribution in [1.29, 1.82) is 0 Å². The number of rotatable bonds is 3. The van der Waals surface area contributed by atoms with E-state index in [0.717, 1.165) is 23.1 Å². The van der Waals surface area contributed by atoms with Crippen LogP contribution in [0.3, 0.4) is 0 Å². The molecular weight excluding hydrogens is 226 g/mol. The molecule has 0 unspecified atom stereocenters. The molecule has 2 fully saturated rings. The van der Waals surface area contributed by atoms with E-state index in [4.69, 9.17) is 17.3 Å². The molecule has 1 aromatic rings. The molecule has 0 aliphatic heterocycles. The number of halogens is 1. The van der Waals surface area contributed by atoms with Crippen molar-refractivity contribution >= 4 is 23.4 Å². The van der Waals surface area contributed by atoms with Crippen LogP contribution >= 0.6 is 23.4 Å². The SMILES string of the molecule is NC1(c2ccc(SC3CC3)c(Cl)c2)CC1. The molecule has 3 heteroatoms. The Balaban J connectivity index is 1.85. The van der Waals surface area contributed by atoms with E-state index in [-0.39, 0.29) is 5.54 Å². The quantitative estimate of drug-likeness (QED) is 0.873. The first-order valence-electron chi connectivity index (χ1n) is 5.43. The molecule has 3 rings (SSSR count). The van der Waals surface area contributed by atoms with Gasteiger partial charge in [0, 0.05) is 15.7 Å². The van der Waals surface area contributed by atoms with Crippen LogP contribution in [0.25, 0.3) is 0 Å². The van der Waals surface area contributed by atoms with Crippen LogP contribution in [0.5, 0.6) is 0 Å². The number of benzene rings is 1. The zero-order chi connectivity index (χ0) is 10.5. The topological polar surface area (TPSA) is 26.0 Å². The van der Waals surface area contributed by atoms with E-state index in [0.29, 0.717) is 0 Å². The first-order chi connectivity index (χ1) is 7.17. The maximum atomic E-state index is 6.26. The highest BCUT2D eigenvalue weighted by molar-refractivity contribution is 8.00. The Labute approximate surface area is 99.4 Å². The maximum absolute atomic E-state index is 6.26. The van der Waals surface area contributed by atoms with Gasteiger partial charge in [-0.3, -0.25) is 0 Å². The Hall–Kier alpha value is -0.180. The summed E-state index contributed by atoms with van der Waals surface area (Å²) in [6.07, 6.45) is 4.87. The van der Waals surface area contributed by atoms with Crippen LogP contribution in [0.2, 0.25) is 5.02 Å². The van der Waals surface area contributed by atoms with Gasteiger partial charge in [-0.25, -0.2) is 0 Å². The van der Waals surface area contributed by atoms with E-state index >= 15 is 0 Å². The largest absolute Gasteiger partial charge is 0.321 e. The van der Waals surface area contributed by atoms with Gasteiger partial charge in [0.15, 0.2) is 0 Å². The molecule has 0 spiro atoms. The zero-order valence-corrected chi connectivity index (χ0v) is 10.1. The summed E-state index contributed by atoms with van der Waals surface area (Å²) in [6, 6.07) is 6.33. The van der Waals surface area contributed by atoms with Gasteiger partial charge in [0.05, 0.1) is 5.02 Å². The lowest BCUT2D eigenvalue weighted by Crippen LogP contribution is -2.18. The second-order valence-corrected chi connectivity index (χ2v) is 6.37. The lowest BCUT2D eigenvalue weighted by molar-refractivity contribution is 0.739. The molecule has 0 atom stereocenters. The number of hydrogen-bond donors (Lipinski definition) is 1. The van der Waals surface area contributed by atoms with E-state index in [2.05, 4.69) is 18.2 Å². The molecule has 2 N–H and O–H groups in total. The molecule has 2 aliphatic carbocycles. The summed E-state index contributed by atoms with van der Waals surface area (Å²) in [4.78, 5) is 1.21. The minimum absolute atomic E-state index is 0.0631. The van der Waals surface area contributed by atoms with Crippen molar-refractivity contribution in [3.63, 3.8) is 0 Å². The van der Waals surface area contributed by atoms with Crippen molar-refractivity contribution in [1.82, 2.24) is 0 Å². The van der Waals surface area contributed by atoms with Crippen molar-refractivity contribution in [2.45, 2.75) is 41.4 Å². The molecule has 0 bridgehead atoms. The fraction of sp³-hybridized carbons (Fsp3) is 0.500. The summed E-state index contributed by atoms with van der Waals surface area (Å²) in [7, 11) is 0. The third-order valence-corrected chi connectivity index (χ3v) is 4.95. The standard InChI is InChI=1S/C12H14ClNS/c13-10-7-8(12(14)5-6-12)1-4-11(10)15-9-2-3-9/h1,4,7,9H,2-3,5-6,14H2. The molecule has 2 aliphatic rings. The van der Waals surface area contributed by atoms with Gasteiger partial charge in [0.1, 0.15) is 0 Å². The zero-order valence-electron chi connectivity index (χ0n) is 8.50. The number of thioether (sulfide) groups is 1. The molecule has 2 saturated carbocycles. The van der Waals surface area contributed by atoms with Gasteiger partial charge in [-0.05, 0) is 43.4 Å². The summed E-state index contributed by atoms with van der Waals surface area (Å²) in [5.41, 5.74) is 7.27. The smallest absolute Gasteiger partial charge is 0.0545 e. The highest BCUT2D eigenvalue weighted by atomic mass is 35.5. The first-order valence-corrected chi connectivity index (χ1v) is 6.69. The normalized spacial score (nSPS) is 22.8. The predicted octanol–water partition coefficient (Wildman–Crippen LogP) is 3.54. The second-order valence-electron chi connectivity index (χ2n) is 4.62. The monoisotopic (exact) mass is 239 g/mol. The van der Waals surface area contributed by atoms with Crippen LogP contribution in [0.1, 0.15) is 31.2 Å². The molecule has 0 saturated heterocycles. The fourth-order valence-corrected chi connectivity index (χ4v) is 3.06. The summed E-state index contributed by atoms with van der Waals surface area (Å²) in [6.45, 7) is 0. The summed E-state index contributed by atoms with van der Waals surface area (Å²) >= 11 is 8.16. The van der Waals surface area contributed by atoms with Crippen LogP contribution in [0.4, 0.5) is 0 Å². The third kappa shape index (κ3) is 2.03. The van der Waals surface area contributed by atoms with Crippen molar-refractivity contribution in [2.24, 2.45) is 5.73 Å². The van der Waals surface area contributed by atoms with Crippen molar-refractivity contribution in [3.05, 3.63) is 28.8 Å². The lowest BCUT2D eigenvalue weighted by Gasteiger charge is -2.11. The van der Waals surface area contributed by atoms with Crippen LogP contribution in [0, 0.1) is 0 Å². The molecule has 0 aromatic heterocycles. The molecule has 80 valence electrons. The Kier molecular flexibility index (Phi) is 2.27. The molecule has 0 amide bonds. The molecular formula is C12H14ClNS. The van der Waals surface area contributed by atoms with E-state index in [1.165, 1.54) is 23.3 Å². The average molecular weight is 240 g/mol. The van der Waals surface area contributed by atoms with Gasteiger partial charge in [-0.1, -0.05) is 17.7 Å². The Morgan fingerprint density at radius 2 is 2.07 bits per heavy atom. The predicted molar refractivity (Wildman–Crippen MR) is 65.4 cm³/mol. The van der Waals surface area contributed by atoms with Gasteiger partial charge < -0.3 is 5.73 Å². The van der Waals surface area contributed by atoms with Gasteiger partial charge in [-0.2, -0.15) is 0 Å². The first kappa shape index (κ1) is 10.0. The molecule has 0 radical (unpaired) electrons. The summed E-state index contributed by atoms with van der Waals surface area (Å²) in [5.74, 6) is 0. The van der Waals surface area contributed by atoms with E-state index < -0.39 is 0 Å². The van der Waals surface area contributed by atoms with E-state index in [1.807, 2.05) is 11.8 Å². The highest BCUT2D eigenvalue weighted by Crippen LogP contribution is 2.46. The second kappa shape index (κ2) is 3.41. The molecule has 1 aromatic carbocycles. The Bertz CT molecular complexity index is 397. The van der Waals surface area contributed by atoms with Crippen LogP contribution in [-0.4, -0.2) is 5.25 Å². The maximum Gasteiger partial charge on any atom is 0.0545 e. The fourth-order valence-electron chi connectivity index (χ4n) is 1.69. The molecule has 15 heavy (non-hydrogen) atoms. The third-order valence-electron chi connectivity index (χ3n) is 3.11. The Morgan fingerprint density at radius 1 is 1.33 bits per heavy atom. The number of hydrogen-bond acceptors (Lipinski definition) is 2. The van der Waals surface area contributed by atoms with Crippen LogP contribution in [0.15, 0.2) is 23.1 Å². The summed E-state index contributed by atoms with van der Waals surface area (Å²) < 4.78 is 0. The highest BCUT2D eigenvalue weighted by Gasteiger charge is 2.40. The van der Waals surface area contributed by atoms with Crippen LogP contribution in [-0.2, 0) is 5.54 Å². The minimum atomic E-state index is -0.0631. The average Bonchev–Trinajstić information content (AvgIpc) is 3.08. The van der Waals surface area contributed by atoms with Crippen molar-refractivity contribution in [3.8, 4) is 0 Å². The summed E-state index contributed by atoms with van der Waals surface area (Å²) in [5, 5.41) is 1.68. The van der Waals surface area contributed by atoms with Crippen LogP contribution < -0.4 is 5.73 Å². The van der Waals surface area contributed by atoms with Gasteiger partial charge in [0.2, 0.25) is 0 Å². The lowest BCUT2D eigenvalue weighted by atomic mass is 10.1. The van der Waals surface area contributed by atoms with E-state index in [1.54, 1.807) is 0 Å². The van der Waals surface area contributed by atoms with E-state index in [9.17, 15) is 0 Å². The van der Waals surface area contributed by atoms with Crippen molar-refractivity contribution < 1.29 is 0 Å². The molecule has 1 nitrogen and oxygen atoms in total. The minimum Gasteiger partial charge on any atom is -0.321 e. The number of nitrogens with two attached hydrogens (primary N) is 1. The van der Waals surface area contributed by atoms with Gasteiger partial charge in [-0.15, -0.1) is 11.8 Å².